The summed E-state index contributed by atoms with van der Waals surface area (Å²) in [5, 5.41) is 0. The number of methoxy groups -OCH3 is 1. The Hall–Kier alpha value is -3.09. The molecular weight excluding hydrogens is 372 g/mol. The molecule has 1 fully saturated rings. The summed E-state index contributed by atoms with van der Waals surface area (Å²) in [4.78, 5) is 41.3. The van der Waals surface area contributed by atoms with Crippen molar-refractivity contribution in [2.45, 2.75) is 25.7 Å². The number of nitrogens with zero attached hydrogens (tertiary/aromatic N) is 2. The topological polar surface area (TPSA) is 80.1 Å². The molecule has 2 aliphatic rings. The average Bonchev–Trinajstić information content (AvgIpc) is 3.32. The summed E-state index contributed by atoms with van der Waals surface area (Å²) in [7, 11) is 1.37. The standard InChI is InChI=1S/C22H24N2O5/c1-28-22(27)17-5-2-7-18-16(17)6-3-11-24(18)20(25)15-9-12-23(13-10-15)21(26)19-8-4-14-29-19/h2,4-5,7-8,14-15H,3,6,9-13H2,1H3. The van der Waals surface area contributed by atoms with E-state index in [0.717, 1.165) is 24.1 Å². The van der Waals surface area contributed by atoms with Gasteiger partial charge in [-0.3, -0.25) is 9.59 Å². The second kappa shape index (κ2) is 8.11. The maximum Gasteiger partial charge on any atom is 0.338 e. The zero-order valence-electron chi connectivity index (χ0n) is 16.4. The summed E-state index contributed by atoms with van der Waals surface area (Å²) in [6, 6.07) is 8.79. The van der Waals surface area contributed by atoms with Crippen molar-refractivity contribution in [2.75, 3.05) is 31.6 Å². The Morgan fingerprint density at radius 3 is 2.55 bits per heavy atom. The van der Waals surface area contributed by atoms with Gasteiger partial charge in [0.1, 0.15) is 0 Å². The number of likely N-dealkylation sites (tertiary alicyclic amines) is 1. The fourth-order valence-corrected chi connectivity index (χ4v) is 4.26. The number of furan rings is 1. The number of benzene rings is 1. The third kappa shape index (κ3) is 3.64. The molecule has 29 heavy (non-hydrogen) atoms. The van der Waals surface area contributed by atoms with Gasteiger partial charge < -0.3 is 19.0 Å². The van der Waals surface area contributed by atoms with E-state index < -0.39 is 0 Å². The fourth-order valence-electron chi connectivity index (χ4n) is 4.26. The van der Waals surface area contributed by atoms with Crippen LogP contribution < -0.4 is 4.90 Å². The molecule has 0 aliphatic carbocycles. The molecule has 0 atom stereocenters. The van der Waals surface area contributed by atoms with E-state index in [1.807, 2.05) is 6.07 Å². The summed E-state index contributed by atoms with van der Waals surface area (Å²) in [5.74, 6) is -0.246. The number of ether oxygens (including phenoxy) is 1. The number of anilines is 1. The van der Waals surface area contributed by atoms with Crippen LogP contribution in [-0.4, -0.2) is 49.4 Å². The molecule has 0 saturated carbocycles. The lowest BCUT2D eigenvalue weighted by molar-refractivity contribution is -0.123. The predicted octanol–water partition coefficient (Wildman–Crippen LogP) is 2.90. The van der Waals surface area contributed by atoms with Gasteiger partial charge >= 0.3 is 5.97 Å². The molecule has 1 aromatic heterocycles. The van der Waals surface area contributed by atoms with Crippen LogP contribution in [0.1, 0.15) is 45.7 Å². The molecule has 0 N–H and O–H groups in total. The third-order valence-electron chi connectivity index (χ3n) is 5.79. The molecule has 2 aliphatic heterocycles. The highest BCUT2D eigenvalue weighted by Crippen LogP contribution is 2.33. The lowest BCUT2D eigenvalue weighted by Gasteiger charge is -2.36. The lowest BCUT2D eigenvalue weighted by Crippen LogP contribution is -2.46. The number of carbonyl (C=O) groups is 3. The highest BCUT2D eigenvalue weighted by atomic mass is 16.5. The van der Waals surface area contributed by atoms with Crippen LogP contribution in [0.4, 0.5) is 5.69 Å². The number of hydrogen-bond acceptors (Lipinski definition) is 5. The Morgan fingerprint density at radius 1 is 1.07 bits per heavy atom. The van der Waals surface area contributed by atoms with Crippen LogP contribution in [0.25, 0.3) is 0 Å². The Morgan fingerprint density at radius 2 is 1.86 bits per heavy atom. The molecule has 3 heterocycles. The van der Waals surface area contributed by atoms with Crippen LogP contribution in [0, 0.1) is 5.92 Å². The highest BCUT2D eigenvalue weighted by Gasteiger charge is 2.34. The summed E-state index contributed by atoms with van der Waals surface area (Å²) >= 11 is 0. The Labute approximate surface area is 169 Å². The fraction of sp³-hybridized carbons (Fsp3) is 0.409. The van der Waals surface area contributed by atoms with E-state index in [4.69, 9.17) is 9.15 Å². The van der Waals surface area contributed by atoms with E-state index in [0.29, 0.717) is 43.8 Å². The molecule has 2 aromatic rings. The minimum absolute atomic E-state index is 0.0677. The van der Waals surface area contributed by atoms with Crippen LogP contribution >= 0.6 is 0 Å². The second-order valence-electron chi connectivity index (χ2n) is 7.43. The zero-order valence-corrected chi connectivity index (χ0v) is 16.4. The van der Waals surface area contributed by atoms with Gasteiger partial charge in [-0.2, -0.15) is 0 Å². The van der Waals surface area contributed by atoms with Crippen molar-refractivity contribution in [1.82, 2.24) is 4.90 Å². The molecular formula is C22H24N2O5. The highest BCUT2D eigenvalue weighted by molar-refractivity contribution is 6.00. The van der Waals surface area contributed by atoms with Crippen molar-refractivity contribution in [1.29, 1.82) is 0 Å². The number of esters is 1. The second-order valence-corrected chi connectivity index (χ2v) is 7.43. The summed E-state index contributed by atoms with van der Waals surface area (Å²) in [5.41, 5.74) is 2.21. The van der Waals surface area contributed by atoms with Gasteiger partial charge in [0.25, 0.3) is 5.91 Å². The van der Waals surface area contributed by atoms with Gasteiger partial charge in [0.15, 0.2) is 5.76 Å². The molecule has 152 valence electrons. The SMILES string of the molecule is COC(=O)c1cccc2c1CCCN2C(=O)C1CCN(C(=O)c2ccco2)CC1. The van der Waals surface area contributed by atoms with E-state index in [9.17, 15) is 14.4 Å². The molecule has 7 heteroatoms. The molecule has 1 saturated heterocycles. The van der Waals surface area contributed by atoms with Gasteiger partial charge in [-0.05, 0) is 55.5 Å². The van der Waals surface area contributed by atoms with E-state index in [1.165, 1.54) is 13.4 Å². The molecule has 0 bridgehead atoms. The summed E-state index contributed by atoms with van der Waals surface area (Å²) in [6.07, 6.45) is 4.28. The first-order chi connectivity index (χ1) is 14.1. The van der Waals surface area contributed by atoms with Gasteiger partial charge in [-0.25, -0.2) is 4.79 Å². The van der Waals surface area contributed by atoms with Gasteiger partial charge in [0.2, 0.25) is 5.91 Å². The molecule has 1 aromatic carbocycles. The Kier molecular flexibility index (Phi) is 5.38. The first-order valence-corrected chi connectivity index (χ1v) is 9.94. The monoisotopic (exact) mass is 396 g/mol. The predicted molar refractivity (Wildman–Crippen MR) is 106 cm³/mol. The first-order valence-electron chi connectivity index (χ1n) is 9.94. The third-order valence-corrected chi connectivity index (χ3v) is 5.79. The van der Waals surface area contributed by atoms with Crippen molar-refractivity contribution in [3.05, 3.63) is 53.5 Å². The van der Waals surface area contributed by atoms with Crippen LogP contribution in [0.15, 0.2) is 41.0 Å². The number of amides is 2. The Bertz CT molecular complexity index is 913. The van der Waals surface area contributed by atoms with Crippen molar-refractivity contribution in [3.8, 4) is 0 Å². The Balaban J connectivity index is 1.47. The van der Waals surface area contributed by atoms with Crippen molar-refractivity contribution >= 4 is 23.5 Å². The quantitative estimate of drug-likeness (QED) is 0.746. The molecule has 0 unspecified atom stereocenters. The maximum atomic E-state index is 13.3. The number of fused-ring (bicyclic) bond motifs is 1. The van der Waals surface area contributed by atoms with Crippen molar-refractivity contribution in [3.63, 3.8) is 0 Å². The number of rotatable bonds is 3. The first kappa shape index (κ1) is 19.2. The minimum Gasteiger partial charge on any atom is -0.465 e. The van der Waals surface area contributed by atoms with Gasteiger partial charge in [-0.15, -0.1) is 0 Å². The summed E-state index contributed by atoms with van der Waals surface area (Å²) in [6.45, 7) is 1.69. The van der Waals surface area contributed by atoms with Crippen molar-refractivity contribution < 1.29 is 23.5 Å². The van der Waals surface area contributed by atoms with Crippen LogP contribution in [0.3, 0.4) is 0 Å². The van der Waals surface area contributed by atoms with Crippen LogP contribution in [0.2, 0.25) is 0 Å². The molecule has 7 nitrogen and oxygen atoms in total. The minimum atomic E-state index is -0.374. The lowest BCUT2D eigenvalue weighted by atomic mass is 9.91. The van der Waals surface area contributed by atoms with Crippen LogP contribution in [0.5, 0.6) is 0 Å². The molecule has 4 rings (SSSR count). The van der Waals surface area contributed by atoms with Gasteiger partial charge in [0.05, 0.1) is 18.9 Å². The maximum absolute atomic E-state index is 13.3. The van der Waals surface area contributed by atoms with Gasteiger partial charge in [-0.1, -0.05) is 6.07 Å². The van der Waals surface area contributed by atoms with E-state index in [-0.39, 0.29) is 23.7 Å². The van der Waals surface area contributed by atoms with E-state index >= 15 is 0 Å². The summed E-state index contributed by atoms with van der Waals surface area (Å²) < 4.78 is 10.1. The van der Waals surface area contributed by atoms with E-state index in [2.05, 4.69) is 0 Å². The largest absolute Gasteiger partial charge is 0.465 e. The number of hydrogen-bond donors (Lipinski definition) is 0. The molecule has 0 spiro atoms. The molecule has 0 radical (unpaired) electrons. The van der Waals surface area contributed by atoms with Crippen LogP contribution in [-0.2, 0) is 16.0 Å². The van der Waals surface area contributed by atoms with Crippen molar-refractivity contribution in [2.24, 2.45) is 5.92 Å². The number of carbonyl (C=O) groups excluding carboxylic acids is 3. The zero-order chi connectivity index (χ0) is 20.4. The average molecular weight is 396 g/mol. The normalized spacial score (nSPS) is 17.0. The van der Waals surface area contributed by atoms with E-state index in [1.54, 1.807) is 34.1 Å². The molecule has 2 amide bonds. The van der Waals surface area contributed by atoms with Gasteiger partial charge in [0, 0.05) is 31.2 Å². The number of piperidine rings is 1. The smallest absolute Gasteiger partial charge is 0.338 e.